The van der Waals surface area contributed by atoms with E-state index in [0.717, 1.165) is 24.2 Å². The number of methoxy groups -OCH3 is 1. The molecule has 2 aromatic rings. The molecule has 0 saturated heterocycles. The van der Waals surface area contributed by atoms with Crippen LogP contribution in [0, 0.1) is 0 Å². The second-order valence-electron chi connectivity index (χ2n) is 4.87. The highest BCUT2D eigenvalue weighted by atomic mass is 16.5. The Balaban J connectivity index is 2.18. The van der Waals surface area contributed by atoms with Crippen molar-refractivity contribution in [1.29, 1.82) is 0 Å². The zero-order valence-electron chi connectivity index (χ0n) is 12.8. The van der Waals surface area contributed by atoms with Crippen LogP contribution in [0.25, 0.3) is 0 Å². The Kier molecular flexibility index (Phi) is 5.97. The van der Waals surface area contributed by atoms with Crippen LogP contribution in [-0.4, -0.2) is 34.6 Å². The minimum atomic E-state index is -0.312. The number of ether oxygens (including phenoxy) is 1. The summed E-state index contributed by atoms with van der Waals surface area (Å²) >= 11 is 0. The van der Waals surface area contributed by atoms with Gasteiger partial charge in [0.2, 0.25) is 0 Å². The molecule has 0 saturated carbocycles. The highest BCUT2D eigenvalue weighted by Gasteiger charge is 2.19. The number of aromatic nitrogens is 3. The molecule has 2 rings (SSSR count). The topological polar surface area (TPSA) is 77.0 Å². The quantitative estimate of drug-likeness (QED) is 0.845. The van der Waals surface area contributed by atoms with E-state index in [0.29, 0.717) is 12.2 Å². The molecule has 6 heteroatoms. The SMILES string of the molecule is CCCc1ncncc1C(=O)N[C@@H](COC)c1ccccn1. The van der Waals surface area contributed by atoms with Crippen LogP contribution in [-0.2, 0) is 11.2 Å². The second kappa shape index (κ2) is 8.19. The van der Waals surface area contributed by atoms with Gasteiger partial charge in [-0.05, 0) is 18.6 Å². The summed E-state index contributed by atoms with van der Waals surface area (Å²) < 4.78 is 5.19. The van der Waals surface area contributed by atoms with Gasteiger partial charge < -0.3 is 10.1 Å². The molecule has 0 fully saturated rings. The molecule has 0 aliphatic heterocycles. The van der Waals surface area contributed by atoms with E-state index < -0.39 is 0 Å². The molecule has 0 bridgehead atoms. The van der Waals surface area contributed by atoms with Crippen molar-refractivity contribution in [3.63, 3.8) is 0 Å². The molecule has 0 radical (unpaired) electrons. The fourth-order valence-corrected chi connectivity index (χ4v) is 2.17. The van der Waals surface area contributed by atoms with Crippen molar-refractivity contribution in [3.8, 4) is 0 Å². The molecule has 22 heavy (non-hydrogen) atoms. The zero-order valence-corrected chi connectivity index (χ0v) is 12.8. The van der Waals surface area contributed by atoms with E-state index in [2.05, 4.69) is 20.3 Å². The molecule has 2 aromatic heterocycles. The Bertz CT molecular complexity index is 604. The van der Waals surface area contributed by atoms with Gasteiger partial charge in [-0.3, -0.25) is 9.78 Å². The maximum Gasteiger partial charge on any atom is 0.255 e. The number of nitrogens with zero attached hydrogens (tertiary/aromatic N) is 3. The minimum Gasteiger partial charge on any atom is -0.382 e. The van der Waals surface area contributed by atoms with Crippen molar-refractivity contribution in [2.24, 2.45) is 0 Å². The molecule has 1 amide bonds. The summed E-state index contributed by atoms with van der Waals surface area (Å²) in [7, 11) is 1.59. The van der Waals surface area contributed by atoms with Gasteiger partial charge in [-0.25, -0.2) is 9.97 Å². The first-order valence-corrected chi connectivity index (χ1v) is 7.25. The van der Waals surface area contributed by atoms with Gasteiger partial charge in [-0.2, -0.15) is 0 Å². The second-order valence-corrected chi connectivity index (χ2v) is 4.87. The van der Waals surface area contributed by atoms with Crippen LogP contribution in [0.2, 0.25) is 0 Å². The Morgan fingerprint density at radius 2 is 2.23 bits per heavy atom. The summed E-state index contributed by atoms with van der Waals surface area (Å²) in [5, 5.41) is 2.94. The third kappa shape index (κ3) is 4.08. The summed E-state index contributed by atoms with van der Waals surface area (Å²) in [6.45, 7) is 2.39. The summed E-state index contributed by atoms with van der Waals surface area (Å²) in [4.78, 5) is 25.0. The van der Waals surface area contributed by atoms with E-state index in [9.17, 15) is 4.79 Å². The Morgan fingerprint density at radius 1 is 1.36 bits per heavy atom. The highest BCUT2D eigenvalue weighted by molar-refractivity contribution is 5.95. The standard InChI is InChI=1S/C16H20N4O2/c1-3-6-13-12(9-17-11-19-13)16(21)20-15(10-22-2)14-7-4-5-8-18-14/h4-5,7-9,11,15H,3,6,10H2,1-2H3,(H,20,21)/t15-/m0/s1. The van der Waals surface area contributed by atoms with Gasteiger partial charge in [-0.15, -0.1) is 0 Å². The Morgan fingerprint density at radius 3 is 2.91 bits per heavy atom. The van der Waals surface area contributed by atoms with E-state index in [1.807, 2.05) is 25.1 Å². The predicted octanol–water partition coefficient (Wildman–Crippen LogP) is 1.94. The lowest BCUT2D eigenvalue weighted by Gasteiger charge is -2.18. The van der Waals surface area contributed by atoms with Crippen LogP contribution in [0.15, 0.2) is 36.9 Å². The minimum absolute atomic E-state index is 0.211. The van der Waals surface area contributed by atoms with Gasteiger partial charge in [-0.1, -0.05) is 19.4 Å². The maximum atomic E-state index is 12.5. The first-order chi connectivity index (χ1) is 10.8. The number of carbonyl (C=O) groups is 1. The molecule has 0 spiro atoms. The Hall–Kier alpha value is -2.34. The summed E-state index contributed by atoms with van der Waals surface area (Å²) in [6.07, 6.45) is 6.36. The molecule has 2 heterocycles. The Labute approximate surface area is 130 Å². The van der Waals surface area contributed by atoms with Gasteiger partial charge >= 0.3 is 0 Å². The summed E-state index contributed by atoms with van der Waals surface area (Å²) in [6, 6.07) is 5.26. The van der Waals surface area contributed by atoms with E-state index in [4.69, 9.17) is 4.74 Å². The molecule has 0 aliphatic rings. The number of nitrogens with one attached hydrogen (secondary N) is 1. The summed E-state index contributed by atoms with van der Waals surface area (Å²) in [5.74, 6) is -0.211. The summed E-state index contributed by atoms with van der Waals surface area (Å²) in [5.41, 5.74) is 2.01. The van der Waals surface area contributed by atoms with E-state index in [-0.39, 0.29) is 11.9 Å². The number of hydrogen-bond donors (Lipinski definition) is 1. The first-order valence-electron chi connectivity index (χ1n) is 7.25. The first kappa shape index (κ1) is 16.0. The van der Waals surface area contributed by atoms with E-state index in [1.165, 1.54) is 6.33 Å². The van der Waals surface area contributed by atoms with Gasteiger partial charge in [0, 0.05) is 19.5 Å². The van der Waals surface area contributed by atoms with Crippen molar-refractivity contribution >= 4 is 5.91 Å². The molecular weight excluding hydrogens is 280 g/mol. The van der Waals surface area contributed by atoms with Crippen molar-refractivity contribution in [1.82, 2.24) is 20.3 Å². The lowest BCUT2D eigenvalue weighted by molar-refractivity contribution is 0.0892. The van der Waals surface area contributed by atoms with Gasteiger partial charge in [0.05, 0.1) is 29.6 Å². The molecule has 116 valence electrons. The lowest BCUT2D eigenvalue weighted by atomic mass is 10.1. The number of carbonyl (C=O) groups excluding carboxylic acids is 1. The third-order valence-electron chi connectivity index (χ3n) is 3.21. The highest BCUT2D eigenvalue weighted by Crippen LogP contribution is 2.13. The fourth-order valence-electron chi connectivity index (χ4n) is 2.17. The van der Waals surface area contributed by atoms with Gasteiger partial charge in [0.25, 0.3) is 5.91 Å². The number of amides is 1. The van der Waals surface area contributed by atoms with E-state index >= 15 is 0 Å². The fraction of sp³-hybridized carbons (Fsp3) is 0.375. The predicted molar refractivity (Wildman–Crippen MR) is 82.3 cm³/mol. The molecule has 0 aliphatic carbocycles. The van der Waals surface area contributed by atoms with Crippen LogP contribution in [0.5, 0.6) is 0 Å². The number of pyridine rings is 1. The van der Waals surface area contributed by atoms with Crippen LogP contribution in [0.3, 0.4) is 0 Å². The van der Waals surface area contributed by atoms with Crippen molar-refractivity contribution in [2.45, 2.75) is 25.8 Å². The zero-order chi connectivity index (χ0) is 15.8. The van der Waals surface area contributed by atoms with Crippen LogP contribution >= 0.6 is 0 Å². The molecule has 1 atom stereocenters. The van der Waals surface area contributed by atoms with Crippen molar-refractivity contribution in [2.75, 3.05) is 13.7 Å². The van der Waals surface area contributed by atoms with Crippen LogP contribution in [0.1, 0.15) is 41.1 Å². The van der Waals surface area contributed by atoms with Gasteiger partial charge in [0.15, 0.2) is 0 Å². The average Bonchev–Trinajstić information content (AvgIpc) is 2.56. The van der Waals surface area contributed by atoms with Crippen molar-refractivity contribution in [3.05, 3.63) is 53.9 Å². The molecule has 0 aromatic carbocycles. The number of hydrogen-bond acceptors (Lipinski definition) is 5. The smallest absolute Gasteiger partial charge is 0.255 e. The monoisotopic (exact) mass is 300 g/mol. The lowest BCUT2D eigenvalue weighted by Crippen LogP contribution is -2.32. The molecule has 1 N–H and O–H groups in total. The molecule has 0 unspecified atom stereocenters. The van der Waals surface area contributed by atoms with Crippen LogP contribution in [0.4, 0.5) is 0 Å². The molecule has 6 nitrogen and oxygen atoms in total. The largest absolute Gasteiger partial charge is 0.382 e. The van der Waals surface area contributed by atoms with E-state index in [1.54, 1.807) is 19.5 Å². The molecular formula is C16H20N4O2. The number of aryl methyl sites for hydroxylation is 1. The normalized spacial score (nSPS) is 11.9. The number of rotatable bonds is 7. The third-order valence-corrected chi connectivity index (χ3v) is 3.21. The maximum absolute atomic E-state index is 12.5. The van der Waals surface area contributed by atoms with Gasteiger partial charge in [0.1, 0.15) is 6.33 Å². The van der Waals surface area contributed by atoms with Crippen molar-refractivity contribution < 1.29 is 9.53 Å². The average molecular weight is 300 g/mol. The van der Waals surface area contributed by atoms with Crippen LogP contribution < -0.4 is 5.32 Å².